The number of aliphatic hydroxyl groups excluding tert-OH is 1. The number of benzene rings is 1. The predicted octanol–water partition coefficient (Wildman–Crippen LogP) is 1.88. The largest absolute Gasteiger partial charge is 0.394 e. The van der Waals surface area contributed by atoms with E-state index in [1.165, 1.54) is 18.2 Å². The molecule has 0 fully saturated rings. The zero-order valence-corrected chi connectivity index (χ0v) is 8.50. The lowest BCUT2D eigenvalue weighted by molar-refractivity contribution is 0.272. The maximum Gasteiger partial charge on any atom is 0.124 e. The van der Waals surface area contributed by atoms with Crippen LogP contribution in [0.4, 0.5) is 10.1 Å². The first-order chi connectivity index (χ1) is 7.21. The summed E-state index contributed by atoms with van der Waals surface area (Å²) in [5.74, 6) is -0.436. The Kier molecular flexibility index (Phi) is 4.07. The molecule has 4 heteroatoms. The topological polar surface area (TPSA) is 56.0 Å². The third kappa shape index (κ3) is 2.93. The van der Waals surface area contributed by atoms with Crippen LogP contribution in [0.3, 0.4) is 0 Å². The van der Waals surface area contributed by atoms with Crippen LogP contribution in [0.5, 0.6) is 0 Å². The molecule has 1 atom stereocenters. The van der Waals surface area contributed by atoms with Gasteiger partial charge in [0.1, 0.15) is 11.9 Å². The summed E-state index contributed by atoms with van der Waals surface area (Å²) in [7, 11) is 0. The number of halogens is 1. The second-order valence-corrected chi connectivity index (χ2v) is 3.23. The Hall–Kier alpha value is -1.60. The van der Waals surface area contributed by atoms with Crippen LogP contribution in [0, 0.1) is 17.1 Å². The van der Waals surface area contributed by atoms with E-state index < -0.39 is 5.82 Å². The Balaban J connectivity index is 2.90. The molecule has 0 aliphatic heterocycles. The van der Waals surface area contributed by atoms with Crippen molar-refractivity contribution < 1.29 is 9.50 Å². The van der Waals surface area contributed by atoms with Gasteiger partial charge >= 0.3 is 0 Å². The molecular weight excluding hydrogens is 195 g/mol. The van der Waals surface area contributed by atoms with E-state index >= 15 is 0 Å². The summed E-state index contributed by atoms with van der Waals surface area (Å²) in [4.78, 5) is 0. The first kappa shape index (κ1) is 11.5. The number of nitriles is 1. The monoisotopic (exact) mass is 208 g/mol. The third-order valence-corrected chi connectivity index (χ3v) is 2.17. The molecule has 80 valence electrons. The lowest BCUT2D eigenvalue weighted by atomic mass is 10.1. The van der Waals surface area contributed by atoms with Crippen molar-refractivity contribution in [2.45, 2.75) is 19.4 Å². The van der Waals surface area contributed by atoms with Gasteiger partial charge in [-0.15, -0.1) is 0 Å². The fraction of sp³-hybridized carbons (Fsp3) is 0.364. The van der Waals surface area contributed by atoms with Gasteiger partial charge in [0.2, 0.25) is 0 Å². The van der Waals surface area contributed by atoms with Crippen LogP contribution in [0.15, 0.2) is 18.2 Å². The highest BCUT2D eigenvalue weighted by Crippen LogP contribution is 2.17. The van der Waals surface area contributed by atoms with Gasteiger partial charge in [0.15, 0.2) is 0 Å². The molecule has 1 unspecified atom stereocenters. The minimum Gasteiger partial charge on any atom is -0.394 e. The number of hydrogen-bond donors (Lipinski definition) is 2. The minimum atomic E-state index is -0.436. The predicted molar refractivity (Wildman–Crippen MR) is 55.9 cm³/mol. The van der Waals surface area contributed by atoms with Gasteiger partial charge in [-0.25, -0.2) is 4.39 Å². The highest BCUT2D eigenvalue weighted by molar-refractivity contribution is 5.57. The molecule has 0 amide bonds. The van der Waals surface area contributed by atoms with Crippen LogP contribution >= 0.6 is 0 Å². The molecule has 1 rings (SSSR count). The van der Waals surface area contributed by atoms with Crippen molar-refractivity contribution in [3.63, 3.8) is 0 Å². The zero-order valence-electron chi connectivity index (χ0n) is 8.50. The van der Waals surface area contributed by atoms with Gasteiger partial charge in [-0.1, -0.05) is 6.92 Å². The second kappa shape index (κ2) is 5.32. The molecule has 0 saturated heterocycles. The zero-order chi connectivity index (χ0) is 11.3. The molecule has 3 nitrogen and oxygen atoms in total. The molecule has 1 aromatic carbocycles. The SMILES string of the molecule is CCC(CO)Nc1ccc(F)cc1C#N. The molecule has 0 bridgehead atoms. The average molecular weight is 208 g/mol. The van der Waals surface area contributed by atoms with E-state index in [2.05, 4.69) is 5.32 Å². The Labute approximate surface area is 88.2 Å². The van der Waals surface area contributed by atoms with E-state index in [1.807, 2.05) is 13.0 Å². The van der Waals surface area contributed by atoms with E-state index in [1.54, 1.807) is 0 Å². The van der Waals surface area contributed by atoms with Gasteiger partial charge in [0.25, 0.3) is 0 Å². The van der Waals surface area contributed by atoms with Crippen LogP contribution in [0.2, 0.25) is 0 Å². The van der Waals surface area contributed by atoms with E-state index in [-0.39, 0.29) is 18.2 Å². The van der Waals surface area contributed by atoms with Crippen molar-refractivity contribution in [2.75, 3.05) is 11.9 Å². The van der Waals surface area contributed by atoms with Crippen molar-refractivity contribution in [3.05, 3.63) is 29.6 Å². The highest BCUT2D eigenvalue weighted by atomic mass is 19.1. The lowest BCUT2D eigenvalue weighted by Gasteiger charge is -2.16. The van der Waals surface area contributed by atoms with Crippen LogP contribution in [0.1, 0.15) is 18.9 Å². The quantitative estimate of drug-likeness (QED) is 0.794. The molecule has 15 heavy (non-hydrogen) atoms. The normalized spacial score (nSPS) is 11.9. The molecule has 0 radical (unpaired) electrons. The van der Waals surface area contributed by atoms with Gasteiger partial charge in [0.05, 0.1) is 17.9 Å². The van der Waals surface area contributed by atoms with Crippen molar-refractivity contribution in [2.24, 2.45) is 0 Å². The fourth-order valence-corrected chi connectivity index (χ4v) is 1.23. The van der Waals surface area contributed by atoms with Crippen molar-refractivity contribution in [3.8, 4) is 6.07 Å². The van der Waals surface area contributed by atoms with Gasteiger partial charge in [-0.05, 0) is 24.6 Å². The smallest absolute Gasteiger partial charge is 0.124 e. The van der Waals surface area contributed by atoms with Gasteiger partial charge in [0, 0.05) is 6.04 Å². The molecule has 0 aliphatic rings. The van der Waals surface area contributed by atoms with E-state index in [0.717, 1.165) is 6.42 Å². The third-order valence-electron chi connectivity index (χ3n) is 2.17. The maximum absolute atomic E-state index is 12.8. The van der Waals surface area contributed by atoms with Crippen molar-refractivity contribution in [1.82, 2.24) is 0 Å². The Morgan fingerprint density at radius 1 is 1.60 bits per heavy atom. The first-order valence-corrected chi connectivity index (χ1v) is 4.78. The van der Waals surface area contributed by atoms with Gasteiger partial charge < -0.3 is 10.4 Å². The number of nitrogens with zero attached hydrogens (tertiary/aromatic N) is 1. The second-order valence-electron chi connectivity index (χ2n) is 3.23. The number of aliphatic hydroxyl groups is 1. The molecule has 0 aliphatic carbocycles. The van der Waals surface area contributed by atoms with Crippen LogP contribution in [0.25, 0.3) is 0 Å². The van der Waals surface area contributed by atoms with Gasteiger partial charge in [-0.3, -0.25) is 0 Å². The standard InChI is InChI=1S/C11H13FN2O/c1-2-10(7-15)14-11-4-3-9(12)5-8(11)6-13/h3-5,10,14-15H,2,7H2,1H3. The molecule has 1 aromatic rings. The van der Waals surface area contributed by atoms with Gasteiger partial charge in [-0.2, -0.15) is 5.26 Å². The van der Waals surface area contributed by atoms with Crippen molar-refractivity contribution in [1.29, 1.82) is 5.26 Å². The highest BCUT2D eigenvalue weighted by Gasteiger charge is 2.08. The Morgan fingerprint density at radius 3 is 2.87 bits per heavy atom. The summed E-state index contributed by atoms with van der Waals surface area (Å²) in [6.45, 7) is 1.90. The molecule has 2 N–H and O–H groups in total. The van der Waals surface area contributed by atoms with Crippen LogP contribution in [-0.2, 0) is 0 Å². The van der Waals surface area contributed by atoms with Crippen LogP contribution in [-0.4, -0.2) is 17.8 Å². The van der Waals surface area contributed by atoms with Crippen molar-refractivity contribution >= 4 is 5.69 Å². The van der Waals surface area contributed by atoms with E-state index in [4.69, 9.17) is 10.4 Å². The average Bonchev–Trinajstić information content (AvgIpc) is 2.27. The lowest BCUT2D eigenvalue weighted by Crippen LogP contribution is -2.23. The molecular formula is C11H13FN2O. The summed E-state index contributed by atoms with van der Waals surface area (Å²) in [6.07, 6.45) is 0.735. The minimum absolute atomic E-state index is 0.0151. The Bertz CT molecular complexity index is 369. The summed E-state index contributed by atoms with van der Waals surface area (Å²) in [5, 5.41) is 20.8. The Morgan fingerprint density at radius 2 is 2.33 bits per heavy atom. The summed E-state index contributed by atoms with van der Waals surface area (Å²) in [5.41, 5.74) is 0.807. The molecule has 0 heterocycles. The first-order valence-electron chi connectivity index (χ1n) is 4.78. The number of rotatable bonds is 4. The number of anilines is 1. The summed E-state index contributed by atoms with van der Waals surface area (Å²) >= 11 is 0. The van der Waals surface area contributed by atoms with Crippen LogP contribution < -0.4 is 5.32 Å². The van der Waals surface area contributed by atoms with E-state index in [9.17, 15) is 4.39 Å². The summed E-state index contributed by atoms with van der Waals surface area (Å²) in [6, 6.07) is 5.76. The number of hydrogen-bond acceptors (Lipinski definition) is 3. The molecule has 0 spiro atoms. The fourth-order valence-electron chi connectivity index (χ4n) is 1.23. The van der Waals surface area contributed by atoms with E-state index in [0.29, 0.717) is 5.69 Å². The molecule has 0 saturated carbocycles. The summed E-state index contributed by atoms with van der Waals surface area (Å²) < 4.78 is 12.8. The molecule has 0 aromatic heterocycles. The number of nitrogens with one attached hydrogen (secondary N) is 1. The maximum atomic E-state index is 12.8.